The number of carbonyl (C=O) groups is 2. The molecule has 0 aliphatic rings. The molecular formula is C14H26O4. The van der Waals surface area contributed by atoms with Gasteiger partial charge in [0.1, 0.15) is 11.4 Å². The Bertz CT molecular complexity index is 299. The van der Waals surface area contributed by atoms with E-state index in [2.05, 4.69) is 0 Å². The van der Waals surface area contributed by atoms with Gasteiger partial charge in [0.25, 0.3) is 0 Å². The first-order valence-corrected chi connectivity index (χ1v) is 6.32. The average Bonchev–Trinajstić information content (AvgIpc) is 2.21. The fraction of sp³-hybridized carbons (Fsp3) is 0.857. The van der Waals surface area contributed by atoms with Crippen LogP contribution in [0.3, 0.4) is 0 Å². The lowest BCUT2D eigenvalue weighted by Gasteiger charge is -2.32. The molecule has 0 bridgehead atoms. The number of ether oxygens (including phenoxy) is 2. The zero-order valence-electron chi connectivity index (χ0n) is 12.6. The van der Waals surface area contributed by atoms with Crippen molar-refractivity contribution in [3.8, 4) is 0 Å². The molecule has 0 aromatic carbocycles. The molecule has 1 atom stereocenters. The van der Waals surface area contributed by atoms with E-state index < -0.39 is 17.1 Å². The van der Waals surface area contributed by atoms with Crippen LogP contribution in [0.25, 0.3) is 0 Å². The minimum Gasteiger partial charge on any atom is -0.460 e. The number of esters is 1. The molecule has 0 rings (SSSR count). The average molecular weight is 258 g/mol. The van der Waals surface area contributed by atoms with Gasteiger partial charge in [-0.05, 0) is 20.8 Å². The summed E-state index contributed by atoms with van der Waals surface area (Å²) in [6, 6.07) is 0. The van der Waals surface area contributed by atoms with Gasteiger partial charge in [0.05, 0.1) is 17.9 Å². The molecule has 0 amide bonds. The highest BCUT2D eigenvalue weighted by Gasteiger charge is 2.37. The van der Waals surface area contributed by atoms with Gasteiger partial charge in [-0.1, -0.05) is 20.8 Å². The van der Waals surface area contributed by atoms with Crippen LogP contribution in [0.1, 0.15) is 54.4 Å². The van der Waals surface area contributed by atoms with Crippen LogP contribution in [0.2, 0.25) is 0 Å². The van der Waals surface area contributed by atoms with Gasteiger partial charge in [-0.2, -0.15) is 0 Å². The van der Waals surface area contributed by atoms with Gasteiger partial charge in [0.2, 0.25) is 0 Å². The van der Waals surface area contributed by atoms with Crippen LogP contribution in [-0.4, -0.2) is 30.6 Å². The molecule has 18 heavy (non-hydrogen) atoms. The number of methoxy groups -OCH3 is 1. The van der Waals surface area contributed by atoms with Gasteiger partial charge in [0.15, 0.2) is 0 Å². The Labute approximate surface area is 110 Å². The van der Waals surface area contributed by atoms with E-state index in [9.17, 15) is 9.59 Å². The number of hydrogen-bond donors (Lipinski definition) is 0. The maximum Gasteiger partial charge on any atom is 0.308 e. The second-order valence-electron chi connectivity index (χ2n) is 6.01. The van der Waals surface area contributed by atoms with Crippen LogP contribution in [0.4, 0.5) is 0 Å². The first-order chi connectivity index (χ1) is 8.04. The Balaban J connectivity index is 4.71. The highest BCUT2D eigenvalue weighted by Crippen LogP contribution is 2.28. The Morgan fingerprint density at radius 3 is 1.94 bits per heavy atom. The van der Waals surface area contributed by atoms with Crippen molar-refractivity contribution >= 4 is 11.8 Å². The van der Waals surface area contributed by atoms with E-state index in [4.69, 9.17) is 9.47 Å². The Kier molecular flexibility index (Phi) is 6.00. The Morgan fingerprint density at radius 2 is 1.61 bits per heavy atom. The molecule has 0 aliphatic heterocycles. The normalized spacial score (nSPS) is 14.2. The molecule has 4 heteroatoms. The summed E-state index contributed by atoms with van der Waals surface area (Å²) in [4.78, 5) is 23.6. The molecule has 0 heterocycles. The lowest BCUT2D eigenvalue weighted by Crippen LogP contribution is -2.40. The first kappa shape index (κ1) is 17.1. The Hall–Kier alpha value is -0.900. The van der Waals surface area contributed by atoms with Crippen molar-refractivity contribution in [2.45, 2.75) is 66.1 Å². The van der Waals surface area contributed by atoms with Crippen molar-refractivity contribution in [3.05, 3.63) is 0 Å². The molecule has 0 saturated heterocycles. The molecule has 0 fully saturated rings. The molecule has 0 aromatic rings. The third-order valence-corrected chi connectivity index (χ3v) is 2.90. The summed E-state index contributed by atoms with van der Waals surface area (Å²) in [5, 5.41) is 0. The van der Waals surface area contributed by atoms with E-state index >= 15 is 0 Å². The van der Waals surface area contributed by atoms with E-state index in [1.165, 1.54) is 7.11 Å². The van der Waals surface area contributed by atoms with Crippen LogP contribution in [-0.2, 0) is 19.1 Å². The minimum absolute atomic E-state index is 0.0814. The summed E-state index contributed by atoms with van der Waals surface area (Å²) in [5.74, 6) is -0.260. The molecular weight excluding hydrogens is 232 g/mol. The van der Waals surface area contributed by atoms with Gasteiger partial charge in [-0.3, -0.25) is 9.59 Å². The maximum absolute atomic E-state index is 11.9. The lowest BCUT2D eigenvalue weighted by molar-refractivity contribution is -0.160. The number of carbonyl (C=O) groups excluding carboxylic acids is 2. The SMILES string of the molecule is CCC(=O)C(C)(C)[C@H](CC(=O)OC(C)(C)C)OC. The first-order valence-electron chi connectivity index (χ1n) is 6.32. The van der Waals surface area contributed by atoms with Crippen molar-refractivity contribution in [3.63, 3.8) is 0 Å². The van der Waals surface area contributed by atoms with Crippen LogP contribution in [0.5, 0.6) is 0 Å². The van der Waals surface area contributed by atoms with Gasteiger partial charge >= 0.3 is 5.97 Å². The Morgan fingerprint density at radius 1 is 1.11 bits per heavy atom. The van der Waals surface area contributed by atoms with Crippen LogP contribution >= 0.6 is 0 Å². The third kappa shape index (κ3) is 5.17. The summed E-state index contributed by atoms with van der Waals surface area (Å²) < 4.78 is 10.5. The highest BCUT2D eigenvalue weighted by atomic mass is 16.6. The van der Waals surface area contributed by atoms with Crippen LogP contribution < -0.4 is 0 Å². The molecule has 0 saturated carbocycles. The molecule has 4 nitrogen and oxygen atoms in total. The van der Waals surface area contributed by atoms with E-state index in [1.54, 1.807) is 13.8 Å². The van der Waals surface area contributed by atoms with Crippen molar-refractivity contribution in [1.82, 2.24) is 0 Å². The second-order valence-corrected chi connectivity index (χ2v) is 6.01. The molecule has 0 spiro atoms. The topological polar surface area (TPSA) is 52.6 Å². The van der Waals surface area contributed by atoms with Crippen molar-refractivity contribution < 1.29 is 19.1 Å². The fourth-order valence-corrected chi connectivity index (χ4v) is 1.80. The summed E-state index contributed by atoms with van der Waals surface area (Å²) in [7, 11) is 1.51. The summed E-state index contributed by atoms with van der Waals surface area (Å²) in [6.45, 7) is 10.9. The standard InChI is InChI=1S/C14H26O4/c1-8-10(15)14(5,6)11(17-7)9-12(16)18-13(2,3)4/h11H,8-9H2,1-7H3/t11-/m0/s1. The van der Waals surface area contributed by atoms with Crippen molar-refractivity contribution in [2.24, 2.45) is 5.41 Å². The fourth-order valence-electron chi connectivity index (χ4n) is 1.80. The van der Waals surface area contributed by atoms with Crippen LogP contribution in [0.15, 0.2) is 0 Å². The number of rotatable bonds is 6. The molecule has 0 unspecified atom stereocenters. The maximum atomic E-state index is 11.9. The molecule has 0 aromatic heterocycles. The van der Waals surface area contributed by atoms with Crippen molar-refractivity contribution in [1.29, 1.82) is 0 Å². The number of Topliss-reactive ketones (excluding diaryl/α,β-unsaturated/α-hetero) is 1. The van der Waals surface area contributed by atoms with E-state index in [-0.39, 0.29) is 18.2 Å². The summed E-state index contributed by atoms with van der Waals surface area (Å²) >= 11 is 0. The highest BCUT2D eigenvalue weighted by molar-refractivity contribution is 5.85. The largest absolute Gasteiger partial charge is 0.460 e. The number of hydrogen-bond acceptors (Lipinski definition) is 4. The van der Waals surface area contributed by atoms with Crippen LogP contribution in [0, 0.1) is 5.41 Å². The van der Waals surface area contributed by atoms with Crippen molar-refractivity contribution in [2.75, 3.05) is 7.11 Å². The third-order valence-electron chi connectivity index (χ3n) is 2.90. The minimum atomic E-state index is -0.680. The monoisotopic (exact) mass is 258 g/mol. The summed E-state index contributed by atoms with van der Waals surface area (Å²) in [5.41, 5.74) is -1.20. The van der Waals surface area contributed by atoms with Gasteiger partial charge in [-0.25, -0.2) is 0 Å². The van der Waals surface area contributed by atoms with E-state index in [1.807, 2.05) is 27.7 Å². The summed E-state index contributed by atoms with van der Waals surface area (Å²) in [6.07, 6.45) is 0.0630. The predicted octanol–water partition coefficient (Wildman–Crippen LogP) is 2.74. The van der Waals surface area contributed by atoms with Gasteiger partial charge < -0.3 is 9.47 Å². The van der Waals surface area contributed by atoms with E-state index in [0.29, 0.717) is 6.42 Å². The second kappa shape index (κ2) is 6.32. The quantitative estimate of drug-likeness (QED) is 0.687. The molecule has 0 aliphatic carbocycles. The smallest absolute Gasteiger partial charge is 0.308 e. The van der Waals surface area contributed by atoms with Gasteiger partial charge in [-0.15, -0.1) is 0 Å². The number of ketones is 1. The molecule has 0 radical (unpaired) electrons. The van der Waals surface area contributed by atoms with E-state index in [0.717, 1.165) is 0 Å². The predicted molar refractivity (Wildman–Crippen MR) is 70.3 cm³/mol. The lowest BCUT2D eigenvalue weighted by atomic mass is 9.79. The molecule has 106 valence electrons. The zero-order chi connectivity index (χ0) is 14.6. The zero-order valence-corrected chi connectivity index (χ0v) is 12.6. The van der Waals surface area contributed by atoms with Gasteiger partial charge in [0, 0.05) is 13.5 Å². The molecule has 0 N–H and O–H groups in total.